The Hall–Kier alpha value is -1.92. The summed E-state index contributed by atoms with van der Waals surface area (Å²) in [6, 6.07) is 13.6. The molecule has 0 spiro atoms. The van der Waals surface area contributed by atoms with E-state index in [0.717, 1.165) is 27.3 Å². The lowest BCUT2D eigenvalue weighted by Crippen LogP contribution is -2.11. The van der Waals surface area contributed by atoms with Gasteiger partial charge in [-0.3, -0.25) is 10.1 Å². The third-order valence-corrected chi connectivity index (χ3v) is 5.25. The lowest BCUT2D eigenvalue weighted by Gasteiger charge is -2.03. The molecule has 2 aromatic carbocycles. The average molecular weight is 329 g/mol. The molecule has 112 valence electrons. The van der Waals surface area contributed by atoms with Crippen LogP contribution >= 0.6 is 23.1 Å². The van der Waals surface area contributed by atoms with Crippen LogP contribution in [0.4, 0.5) is 5.13 Å². The average Bonchev–Trinajstić information content (AvgIpc) is 2.99. The van der Waals surface area contributed by atoms with Crippen LogP contribution in [-0.4, -0.2) is 21.9 Å². The molecule has 1 heterocycles. The van der Waals surface area contributed by atoms with Crippen molar-refractivity contribution in [3.05, 3.63) is 48.0 Å². The minimum absolute atomic E-state index is 0.158. The molecule has 0 saturated carbocycles. The quantitative estimate of drug-likeness (QED) is 0.555. The summed E-state index contributed by atoms with van der Waals surface area (Å²) in [6.45, 7) is 2.12. The number of carbonyl (C=O) groups excluding carboxylic acids is 1. The number of hydrogen-bond acceptors (Lipinski definition) is 5. The molecule has 0 atom stereocenters. The molecule has 0 bridgehead atoms. The Bertz CT molecular complexity index is 801. The summed E-state index contributed by atoms with van der Waals surface area (Å²) in [5.41, 5.74) is 0.622. The van der Waals surface area contributed by atoms with Crippen molar-refractivity contribution in [2.24, 2.45) is 0 Å². The Kier molecular flexibility index (Phi) is 4.70. The minimum Gasteiger partial charge on any atom is -0.296 e. The van der Waals surface area contributed by atoms with Gasteiger partial charge in [0.25, 0.3) is 5.91 Å². The summed E-state index contributed by atoms with van der Waals surface area (Å²) < 4.78 is 0.885. The number of hydrogen-bond donors (Lipinski definition) is 1. The Labute approximate surface area is 137 Å². The van der Waals surface area contributed by atoms with Crippen molar-refractivity contribution in [2.45, 2.75) is 17.7 Å². The molecule has 0 radical (unpaired) electrons. The molecule has 0 fully saturated rings. The Balaban J connectivity index is 1.73. The van der Waals surface area contributed by atoms with Gasteiger partial charge in [-0.2, -0.15) is 0 Å². The molecule has 0 unspecified atom stereocenters. The van der Waals surface area contributed by atoms with E-state index in [1.807, 2.05) is 42.5 Å². The highest BCUT2D eigenvalue weighted by Crippen LogP contribution is 2.26. The van der Waals surface area contributed by atoms with Gasteiger partial charge < -0.3 is 0 Å². The highest BCUT2D eigenvalue weighted by Gasteiger charge is 2.10. The molecule has 0 aliphatic carbocycles. The van der Waals surface area contributed by atoms with E-state index in [-0.39, 0.29) is 5.91 Å². The monoisotopic (exact) mass is 329 g/mol. The van der Waals surface area contributed by atoms with E-state index in [1.165, 1.54) is 11.3 Å². The number of nitrogens with one attached hydrogen (secondary N) is 1. The van der Waals surface area contributed by atoms with Crippen LogP contribution in [0.3, 0.4) is 0 Å². The fourth-order valence-corrected chi connectivity index (χ4v) is 3.68. The third-order valence-electron chi connectivity index (χ3n) is 3.07. The summed E-state index contributed by atoms with van der Waals surface area (Å²) in [4.78, 5) is 12.3. The van der Waals surface area contributed by atoms with E-state index in [9.17, 15) is 4.79 Å². The first-order valence-corrected chi connectivity index (χ1v) is 8.83. The molecule has 0 aliphatic rings. The van der Waals surface area contributed by atoms with Crippen molar-refractivity contribution >= 4 is 44.9 Å². The summed E-state index contributed by atoms with van der Waals surface area (Å²) >= 11 is 3.07. The highest BCUT2D eigenvalue weighted by atomic mass is 32.2. The Morgan fingerprint density at radius 2 is 2.00 bits per heavy atom. The van der Waals surface area contributed by atoms with Crippen LogP contribution in [0.25, 0.3) is 10.8 Å². The fourth-order valence-electron chi connectivity index (χ4n) is 2.01. The molecule has 1 aromatic heterocycles. The zero-order chi connectivity index (χ0) is 15.4. The zero-order valence-corrected chi connectivity index (χ0v) is 13.7. The predicted molar refractivity (Wildman–Crippen MR) is 92.8 cm³/mol. The number of anilines is 1. The van der Waals surface area contributed by atoms with Gasteiger partial charge in [-0.15, -0.1) is 10.2 Å². The van der Waals surface area contributed by atoms with Crippen molar-refractivity contribution < 1.29 is 4.79 Å². The number of benzene rings is 2. The van der Waals surface area contributed by atoms with E-state index in [2.05, 4.69) is 22.4 Å². The first kappa shape index (κ1) is 15.0. The summed E-state index contributed by atoms with van der Waals surface area (Å²) in [5, 5.41) is 13.6. The number of thioether (sulfide) groups is 1. The molecule has 1 amide bonds. The van der Waals surface area contributed by atoms with Gasteiger partial charge in [-0.05, 0) is 29.3 Å². The Morgan fingerprint density at radius 1 is 1.18 bits per heavy atom. The van der Waals surface area contributed by atoms with E-state index in [1.54, 1.807) is 11.8 Å². The van der Waals surface area contributed by atoms with Gasteiger partial charge in [0.1, 0.15) is 0 Å². The van der Waals surface area contributed by atoms with Crippen LogP contribution in [0.15, 0.2) is 46.8 Å². The van der Waals surface area contributed by atoms with Gasteiger partial charge in [0.15, 0.2) is 4.34 Å². The molecule has 0 aliphatic heterocycles. The molecular formula is C16H15N3OS2. The van der Waals surface area contributed by atoms with Crippen LogP contribution < -0.4 is 5.32 Å². The standard InChI is InChI=1S/C16H15N3OS2/c1-2-9-21-16-19-18-15(22-16)17-14(20)13-8-7-11-5-3-4-6-12(11)10-13/h3-8,10H,2,9H2,1H3,(H,17,18,20). The van der Waals surface area contributed by atoms with E-state index >= 15 is 0 Å². The second-order valence-electron chi connectivity index (χ2n) is 4.74. The van der Waals surface area contributed by atoms with Crippen molar-refractivity contribution in [2.75, 3.05) is 11.1 Å². The lowest BCUT2D eigenvalue weighted by molar-refractivity contribution is 0.102. The predicted octanol–water partition coefficient (Wildman–Crippen LogP) is 4.45. The number of rotatable bonds is 5. The first-order chi connectivity index (χ1) is 10.8. The molecule has 3 rings (SSSR count). The molecule has 1 N–H and O–H groups in total. The van der Waals surface area contributed by atoms with Gasteiger partial charge in [0.2, 0.25) is 5.13 Å². The Morgan fingerprint density at radius 3 is 2.82 bits per heavy atom. The lowest BCUT2D eigenvalue weighted by atomic mass is 10.1. The van der Waals surface area contributed by atoms with Crippen LogP contribution in [-0.2, 0) is 0 Å². The van der Waals surface area contributed by atoms with Gasteiger partial charge in [0.05, 0.1) is 0 Å². The summed E-state index contributed by atoms with van der Waals surface area (Å²) in [7, 11) is 0. The highest BCUT2D eigenvalue weighted by molar-refractivity contribution is 8.01. The maximum Gasteiger partial charge on any atom is 0.257 e. The summed E-state index contributed by atoms with van der Waals surface area (Å²) in [6.07, 6.45) is 1.09. The number of aromatic nitrogens is 2. The largest absolute Gasteiger partial charge is 0.296 e. The molecule has 4 nitrogen and oxygen atoms in total. The normalized spacial score (nSPS) is 10.8. The van der Waals surface area contributed by atoms with Crippen LogP contribution in [0.1, 0.15) is 23.7 Å². The SMILES string of the molecule is CCCSc1nnc(NC(=O)c2ccc3ccccc3c2)s1. The third kappa shape index (κ3) is 3.45. The summed E-state index contributed by atoms with van der Waals surface area (Å²) in [5.74, 6) is 0.849. The second kappa shape index (κ2) is 6.89. The van der Waals surface area contributed by atoms with Gasteiger partial charge in [-0.25, -0.2) is 0 Å². The molecule has 22 heavy (non-hydrogen) atoms. The molecule has 6 heteroatoms. The van der Waals surface area contributed by atoms with Gasteiger partial charge >= 0.3 is 0 Å². The minimum atomic E-state index is -0.158. The van der Waals surface area contributed by atoms with Gasteiger partial charge in [0, 0.05) is 11.3 Å². The first-order valence-electron chi connectivity index (χ1n) is 7.02. The fraction of sp³-hybridized carbons (Fsp3) is 0.188. The van der Waals surface area contributed by atoms with Crippen LogP contribution in [0.5, 0.6) is 0 Å². The van der Waals surface area contributed by atoms with Crippen molar-refractivity contribution in [1.82, 2.24) is 10.2 Å². The smallest absolute Gasteiger partial charge is 0.257 e. The van der Waals surface area contributed by atoms with E-state index in [4.69, 9.17) is 0 Å². The van der Waals surface area contributed by atoms with E-state index < -0.39 is 0 Å². The van der Waals surface area contributed by atoms with Gasteiger partial charge in [-0.1, -0.05) is 60.4 Å². The number of carbonyl (C=O) groups is 1. The zero-order valence-electron chi connectivity index (χ0n) is 12.1. The number of amides is 1. The topological polar surface area (TPSA) is 54.9 Å². The number of nitrogens with zero attached hydrogens (tertiary/aromatic N) is 2. The van der Waals surface area contributed by atoms with Crippen molar-refractivity contribution in [3.63, 3.8) is 0 Å². The second-order valence-corrected chi connectivity index (χ2v) is 7.06. The maximum atomic E-state index is 12.3. The van der Waals surface area contributed by atoms with Crippen LogP contribution in [0, 0.1) is 0 Å². The van der Waals surface area contributed by atoms with Crippen molar-refractivity contribution in [1.29, 1.82) is 0 Å². The number of fused-ring (bicyclic) bond motifs is 1. The molecule has 0 saturated heterocycles. The van der Waals surface area contributed by atoms with Crippen LogP contribution in [0.2, 0.25) is 0 Å². The molecule has 3 aromatic rings. The maximum absolute atomic E-state index is 12.3. The van der Waals surface area contributed by atoms with E-state index in [0.29, 0.717) is 10.7 Å². The molecular weight excluding hydrogens is 314 g/mol. The van der Waals surface area contributed by atoms with Crippen molar-refractivity contribution in [3.8, 4) is 0 Å².